The Morgan fingerprint density at radius 1 is 0.800 bits per heavy atom. The van der Waals surface area contributed by atoms with Gasteiger partial charge >= 0.3 is 0 Å². The number of nitriles is 2. The Kier molecular flexibility index (Phi) is 5.21. The van der Waals surface area contributed by atoms with Gasteiger partial charge in [-0.2, -0.15) is 10.5 Å². The van der Waals surface area contributed by atoms with Crippen molar-refractivity contribution < 1.29 is 21.7 Å². The average Bonchev–Trinajstić information content (AvgIpc) is 2.61. The Morgan fingerprint density at radius 3 is 1.48 bits per heavy atom. The molecule has 0 unspecified atom stereocenters. The molecule has 0 aliphatic rings. The Balaban J connectivity index is 2.71. The van der Waals surface area contributed by atoms with Crippen LogP contribution in [0.2, 0.25) is 0 Å². The minimum absolute atomic E-state index is 0.202. The van der Waals surface area contributed by atoms with Crippen LogP contribution in [-0.4, -0.2) is 27.8 Å². The highest BCUT2D eigenvalue weighted by Gasteiger charge is 2.39. The second-order valence-electron chi connectivity index (χ2n) is 4.57. The maximum Gasteiger partial charge on any atom is 0.280 e. The number of rotatable bonds is 5. The molecule has 25 heavy (non-hydrogen) atoms. The molecule has 128 valence electrons. The summed E-state index contributed by atoms with van der Waals surface area (Å²) >= 11 is 0. The van der Waals surface area contributed by atoms with Crippen LogP contribution in [-0.2, 0) is 24.9 Å². The molecular formula is C15H11N3O5S2. The molecule has 0 radical (unpaired) electrons. The van der Waals surface area contributed by atoms with Gasteiger partial charge in [-0.1, -0.05) is 24.3 Å². The van der Waals surface area contributed by atoms with Crippen LogP contribution in [0.1, 0.15) is 11.1 Å². The average molecular weight is 377 g/mol. The van der Waals surface area contributed by atoms with Crippen molar-refractivity contribution in [2.45, 2.75) is 9.79 Å². The lowest BCUT2D eigenvalue weighted by molar-refractivity contribution is 0.0290. The van der Waals surface area contributed by atoms with Gasteiger partial charge in [-0.15, -0.1) is 0 Å². The molecule has 0 amide bonds. The van der Waals surface area contributed by atoms with Crippen LogP contribution in [0.3, 0.4) is 0 Å². The van der Waals surface area contributed by atoms with Crippen LogP contribution in [0.5, 0.6) is 0 Å². The van der Waals surface area contributed by atoms with E-state index in [9.17, 15) is 16.8 Å². The zero-order valence-electron chi connectivity index (χ0n) is 12.8. The van der Waals surface area contributed by atoms with Crippen LogP contribution >= 0.6 is 0 Å². The third kappa shape index (κ3) is 3.24. The van der Waals surface area contributed by atoms with E-state index in [0.29, 0.717) is 0 Å². The van der Waals surface area contributed by atoms with Crippen molar-refractivity contribution >= 4 is 20.0 Å². The van der Waals surface area contributed by atoms with Gasteiger partial charge in [0.2, 0.25) is 0 Å². The van der Waals surface area contributed by atoms with Crippen LogP contribution in [0, 0.1) is 22.7 Å². The monoisotopic (exact) mass is 377 g/mol. The lowest BCUT2D eigenvalue weighted by Crippen LogP contribution is -2.36. The molecule has 0 atom stereocenters. The smallest absolute Gasteiger partial charge is 0.273 e. The van der Waals surface area contributed by atoms with Gasteiger partial charge in [0.25, 0.3) is 20.0 Å². The quantitative estimate of drug-likeness (QED) is 0.720. The Morgan fingerprint density at radius 2 is 1.16 bits per heavy atom. The number of hydrogen-bond donors (Lipinski definition) is 0. The molecule has 0 spiro atoms. The first kappa shape index (κ1) is 18.6. The summed E-state index contributed by atoms with van der Waals surface area (Å²) < 4.78 is 50.8. The van der Waals surface area contributed by atoms with Gasteiger partial charge in [0.05, 0.1) is 18.2 Å². The summed E-state index contributed by atoms with van der Waals surface area (Å²) in [7, 11) is -8.61. The highest BCUT2D eigenvalue weighted by molar-refractivity contribution is 8.03. The van der Waals surface area contributed by atoms with Crippen molar-refractivity contribution in [3.05, 3.63) is 59.7 Å². The molecule has 0 bridgehead atoms. The molecule has 8 nitrogen and oxygen atoms in total. The van der Waals surface area contributed by atoms with Gasteiger partial charge in [-0.25, -0.2) is 16.8 Å². The third-order valence-electron chi connectivity index (χ3n) is 3.11. The van der Waals surface area contributed by atoms with E-state index >= 15 is 0 Å². The summed E-state index contributed by atoms with van der Waals surface area (Å²) in [6.07, 6.45) is 0. The van der Waals surface area contributed by atoms with E-state index in [1.54, 1.807) is 12.1 Å². The first-order valence-electron chi connectivity index (χ1n) is 6.63. The number of hydrogen-bond acceptors (Lipinski definition) is 7. The lowest BCUT2D eigenvalue weighted by Gasteiger charge is -2.20. The maximum absolute atomic E-state index is 12.8. The van der Waals surface area contributed by atoms with Crippen molar-refractivity contribution in [3.8, 4) is 12.1 Å². The van der Waals surface area contributed by atoms with E-state index in [1.807, 2.05) is 0 Å². The molecule has 0 aromatic heterocycles. The predicted octanol–water partition coefficient (Wildman–Crippen LogP) is 1.37. The zero-order valence-corrected chi connectivity index (χ0v) is 14.5. The molecule has 2 aromatic carbocycles. The molecule has 0 saturated heterocycles. The second-order valence-corrected chi connectivity index (χ2v) is 8.25. The van der Waals surface area contributed by atoms with Gasteiger partial charge in [-0.3, -0.25) is 4.84 Å². The Hall–Kier alpha value is -2.76. The highest BCUT2D eigenvalue weighted by Crippen LogP contribution is 2.27. The molecule has 0 aliphatic carbocycles. The van der Waals surface area contributed by atoms with E-state index in [-0.39, 0.29) is 15.0 Å². The molecule has 2 aromatic rings. The third-order valence-corrected chi connectivity index (χ3v) is 7.20. The minimum Gasteiger partial charge on any atom is -0.273 e. The fourth-order valence-corrected chi connectivity index (χ4v) is 5.57. The summed E-state index contributed by atoms with van der Waals surface area (Å²) in [6, 6.07) is 13.6. The van der Waals surface area contributed by atoms with E-state index < -0.39 is 29.8 Å². The van der Waals surface area contributed by atoms with E-state index in [4.69, 9.17) is 10.5 Å². The first-order valence-corrected chi connectivity index (χ1v) is 9.51. The molecule has 2 rings (SSSR count). The van der Waals surface area contributed by atoms with Crippen LogP contribution in [0.25, 0.3) is 0 Å². The minimum atomic E-state index is -4.73. The first-order chi connectivity index (χ1) is 11.8. The molecule has 0 N–H and O–H groups in total. The van der Waals surface area contributed by atoms with Crippen LogP contribution in [0.4, 0.5) is 0 Å². The van der Waals surface area contributed by atoms with Gasteiger partial charge in [-0.05, 0) is 24.3 Å². The fourth-order valence-electron chi connectivity index (χ4n) is 2.05. The van der Waals surface area contributed by atoms with Gasteiger partial charge in [0, 0.05) is 3.87 Å². The molecule has 10 heteroatoms. The lowest BCUT2D eigenvalue weighted by atomic mass is 10.2. The SMILES string of the molecule is CON(S(=O)(=O)c1ccccc1C#N)S(=O)(=O)c1ccccc1C#N. The molecule has 0 fully saturated rings. The van der Waals surface area contributed by atoms with Crippen molar-refractivity contribution in [1.29, 1.82) is 10.5 Å². The van der Waals surface area contributed by atoms with Crippen molar-refractivity contribution in [2.24, 2.45) is 0 Å². The van der Waals surface area contributed by atoms with Gasteiger partial charge in [0.1, 0.15) is 21.9 Å². The number of sulfonamides is 2. The number of benzene rings is 2. The van der Waals surface area contributed by atoms with Crippen molar-refractivity contribution in [3.63, 3.8) is 0 Å². The van der Waals surface area contributed by atoms with Crippen LogP contribution in [0.15, 0.2) is 58.3 Å². The van der Waals surface area contributed by atoms with E-state index in [1.165, 1.54) is 36.4 Å². The van der Waals surface area contributed by atoms with Crippen LogP contribution < -0.4 is 0 Å². The maximum atomic E-state index is 12.8. The summed E-state index contributed by atoms with van der Waals surface area (Å²) in [4.78, 5) is 3.57. The summed E-state index contributed by atoms with van der Waals surface area (Å²) in [6.45, 7) is 0. The van der Waals surface area contributed by atoms with Crippen molar-refractivity contribution in [1.82, 2.24) is 3.87 Å². The normalized spacial score (nSPS) is 11.7. The predicted molar refractivity (Wildman–Crippen MR) is 85.5 cm³/mol. The standard InChI is InChI=1S/C15H11N3O5S2/c1-23-18(24(19,20)14-8-4-2-6-12(14)10-16)25(21,22)15-9-5-3-7-13(15)11-17/h2-9H,1H3. The highest BCUT2D eigenvalue weighted by atomic mass is 32.3. The molecule has 0 aliphatic heterocycles. The zero-order chi connectivity index (χ0) is 18.7. The van der Waals surface area contributed by atoms with Crippen molar-refractivity contribution in [2.75, 3.05) is 7.11 Å². The fraction of sp³-hybridized carbons (Fsp3) is 0.0667. The van der Waals surface area contributed by atoms with Gasteiger partial charge in [0.15, 0.2) is 0 Å². The summed E-state index contributed by atoms with van der Waals surface area (Å²) in [5.74, 6) is 0. The summed E-state index contributed by atoms with van der Waals surface area (Å²) in [5.41, 5.74) is -0.485. The van der Waals surface area contributed by atoms with Gasteiger partial charge < -0.3 is 0 Å². The second kappa shape index (κ2) is 7.01. The van der Waals surface area contributed by atoms with E-state index in [2.05, 4.69) is 4.84 Å². The number of nitrogens with zero attached hydrogens (tertiary/aromatic N) is 3. The largest absolute Gasteiger partial charge is 0.280 e. The Labute approximate surface area is 145 Å². The molecule has 0 heterocycles. The van der Waals surface area contributed by atoms with E-state index in [0.717, 1.165) is 19.2 Å². The Bertz CT molecular complexity index is 1010. The molecule has 0 saturated carbocycles. The summed E-state index contributed by atoms with van der Waals surface area (Å²) in [5, 5.41) is 18.1. The molecular weight excluding hydrogens is 366 g/mol. The topological polar surface area (TPSA) is 128 Å².